The normalized spacial score (nSPS) is 12.4. The fourth-order valence-electron chi connectivity index (χ4n) is 3.98. The van der Waals surface area contributed by atoms with Crippen LogP contribution < -0.4 is 14.2 Å². The van der Waals surface area contributed by atoms with Crippen molar-refractivity contribution in [2.45, 2.75) is 79.1 Å². The highest BCUT2D eigenvalue weighted by Gasteiger charge is 2.15. The molecule has 0 bridgehead atoms. The predicted octanol–water partition coefficient (Wildman–Crippen LogP) is 6.43. The molecule has 0 aromatic heterocycles. The summed E-state index contributed by atoms with van der Waals surface area (Å²) in [6, 6.07) is 10.7. The van der Waals surface area contributed by atoms with Gasteiger partial charge in [-0.05, 0) is 56.2 Å². The maximum Gasteiger partial charge on any atom is 0.513 e. The van der Waals surface area contributed by atoms with Crippen molar-refractivity contribution in [3.8, 4) is 17.2 Å². The topological polar surface area (TPSA) is 185 Å². The summed E-state index contributed by atoms with van der Waals surface area (Å²) in [5.41, 5.74) is 1.15. The quantitative estimate of drug-likeness (QED) is 0.0759. The summed E-state index contributed by atoms with van der Waals surface area (Å²) < 4.78 is 45.8. The van der Waals surface area contributed by atoms with Crippen molar-refractivity contribution in [1.29, 1.82) is 0 Å². The van der Waals surface area contributed by atoms with E-state index >= 15 is 0 Å². The summed E-state index contributed by atoms with van der Waals surface area (Å²) in [4.78, 5) is 69.8. The van der Waals surface area contributed by atoms with Crippen LogP contribution in [-0.2, 0) is 42.8 Å². The Morgan fingerprint density at radius 3 is 1.20 bits per heavy atom. The lowest BCUT2D eigenvalue weighted by atomic mass is 10.1. The first-order valence-electron chi connectivity index (χ1n) is 15.7. The Bertz CT molecular complexity index is 1420. The highest BCUT2D eigenvalue weighted by Crippen LogP contribution is 2.26. The fraction of sp³-hybridized carbons (Fsp3) is 0.429. The van der Waals surface area contributed by atoms with E-state index in [0.717, 1.165) is 0 Å². The third-order valence-corrected chi connectivity index (χ3v) is 6.19. The summed E-state index contributed by atoms with van der Waals surface area (Å²) in [5, 5.41) is 0. The Hall–Kier alpha value is -5.60. The summed E-state index contributed by atoms with van der Waals surface area (Å²) >= 11 is 0. The van der Waals surface area contributed by atoms with Gasteiger partial charge in [0.2, 0.25) is 0 Å². The second-order valence-corrected chi connectivity index (χ2v) is 10.9. The molecule has 0 saturated heterocycles. The number of hydrogen-bond donors (Lipinski definition) is 0. The average Bonchev–Trinajstić information content (AvgIpc) is 2.99. The second kappa shape index (κ2) is 21.4. The van der Waals surface area contributed by atoms with E-state index in [1.54, 1.807) is 57.2 Å². The van der Waals surface area contributed by atoms with Crippen molar-refractivity contribution in [1.82, 2.24) is 0 Å². The van der Waals surface area contributed by atoms with Gasteiger partial charge in [-0.1, -0.05) is 24.3 Å². The zero-order valence-corrected chi connectivity index (χ0v) is 28.8. The van der Waals surface area contributed by atoms with Crippen LogP contribution in [0.25, 0.3) is 12.2 Å². The molecule has 15 heteroatoms. The standard InChI is InChI=1S/C35H42O15/c1-22(45-25(4)36)13-16-42-33(39)48-30-11-9-28(10-12-30)7-8-29-19-31(49-34(40)43-17-14-23(2)46-26(5)37)21-32(20-29)50-35(41)44-18-15-24(3)47-27(6)38/h7-12,19-24H,13-18H2,1-6H3/b8-7+. The van der Waals surface area contributed by atoms with Crippen molar-refractivity contribution < 1.29 is 71.4 Å². The Labute approximate surface area is 289 Å². The third-order valence-electron chi connectivity index (χ3n) is 6.19. The van der Waals surface area contributed by atoms with Gasteiger partial charge >= 0.3 is 36.4 Å². The van der Waals surface area contributed by atoms with E-state index in [1.165, 1.54) is 39.0 Å². The molecule has 0 N–H and O–H groups in total. The lowest BCUT2D eigenvalue weighted by Crippen LogP contribution is -2.18. The molecule has 2 aromatic rings. The van der Waals surface area contributed by atoms with Crippen molar-refractivity contribution in [3.05, 3.63) is 53.6 Å². The van der Waals surface area contributed by atoms with Crippen LogP contribution in [-0.4, -0.2) is 74.5 Å². The first-order chi connectivity index (χ1) is 23.7. The smallest absolute Gasteiger partial charge is 0.463 e. The number of rotatable bonds is 17. The van der Waals surface area contributed by atoms with Crippen LogP contribution >= 0.6 is 0 Å². The zero-order valence-electron chi connectivity index (χ0n) is 28.8. The van der Waals surface area contributed by atoms with E-state index < -0.39 is 54.7 Å². The summed E-state index contributed by atoms with van der Waals surface area (Å²) in [6.45, 7) is 8.66. The van der Waals surface area contributed by atoms with Crippen molar-refractivity contribution in [2.75, 3.05) is 19.8 Å². The van der Waals surface area contributed by atoms with Crippen molar-refractivity contribution in [2.24, 2.45) is 0 Å². The molecule has 0 aliphatic rings. The van der Waals surface area contributed by atoms with E-state index in [-0.39, 0.29) is 49.9 Å². The van der Waals surface area contributed by atoms with E-state index in [0.29, 0.717) is 17.5 Å². The van der Waals surface area contributed by atoms with Gasteiger partial charge in [-0.3, -0.25) is 14.4 Å². The monoisotopic (exact) mass is 702 g/mol. The molecule has 0 amide bonds. The summed E-state index contributed by atoms with van der Waals surface area (Å²) in [5.74, 6) is -1.14. The van der Waals surface area contributed by atoms with Crippen molar-refractivity contribution >= 4 is 48.5 Å². The number of ether oxygens (including phenoxy) is 9. The van der Waals surface area contributed by atoms with E-state index in [1.807, 2.05) is 0 Å². The molecule has 0 fully saturated rings. The molecule has 2 aromatic carbocycles. The second-order valence-electron chi connectivity index (χ2n) is 10.9. The van der Waals surface area contributed by atoms with Crippen LogP contribution in [0.3, 0.4) is 0 Å². The maximum absolute atomic E-state index is 12.4. The molecule has 0 saturated carbocycles. The Balaban J connectivity index is 2.07. The minimum absolute atomic E-state index is 0.00258. The van der Waals surface area contributed by atoms with Gasteiger partial charge in [0.15, 0.2) is 0 Å². The summed E-state index contributed by atoms with van der Waals surface area (Å²) in [7, 11) is 0. The van der Waals surface area contributed by atoms with Gasteiger partial charge < -0.3 is 42.6 Å². The molecule has 50 heavy (non-hydrogen) atoms. The lowest BCUT2D eigenvalue weighted by molar-refractivity contribution is -0.147. The van der Waals surface area contributed by atoms with Crippen LogP contribution in [0, 0.1) is 0 Å². The molecule has 3 atom stereocenters. The van der Waals surface area contributed by atoms with E-state index in [9.17, 15) is 28.8 Å². The molecular weight excluding hydrogens is 660 g/mol. The molecule has 0 heterocycles. The molecule has 2 rings (SSSR count). The van der Waals surface area contributed by atoms with Gasteiger partial charge in [-0.25, -0.2) is 14.4 Å². The highest BCUT2D eigenvalue weighted by atomic mass is 16.7. The average molecular weight is 703 g/mol. The van der Waals surface area contributed by atoms with Gasteiger partial charge in [0.05, 0.1) is 19.8 Å². The van der Waals surface area contributed by atoms with Gasteiger partial charge in [0.1, 0.15) is 35.6 Å². The molecule has 0 radical (unpaired) electrons. The first kappa shape index (κ1) is 40.6. The minimum Gasteiger partial charge on any atom is -0.463 e. The number of hydrogen-bond acceptors (Lipinski definition) is 15. The summed E-state index contributed by atoms with van der Waals surface area (Å²) in [6.07, 6.45) is -0.200. The van der Waals surface area contributed by atoms with Gasteiger partial charge in [-0.15, -0.1) is 0 Å². The van der Waals surface area contributed by atoms with Crippen LogP contribution in [0.4, 0.5) is 14.4 Å². The van der Waals surface area contributed by atoms with E-state index in [4.69, 9.17) is 42.6 Å². The number of carbonyl (C=O) groups is 6. The SMILES string of the molecule is CC(=O)OC(C)CCOC(=O)Oc1ccc(/C=C/c2cc(OC(=O)OCCC(C)OC(C)=O)cc(OC(=O)OCCC(C)OC(C)=O)c2)cc1. The molecule has 0 spiro atoms. The molecule has 0 aliphatic carbocycles. The van der Waals surface area contributed by atoms with Gasteiger partial charge in [0.25, 0.3) is 0 Å². The van der Waals surface area contributed by atoms with Crippen LogP contribution in [0.1, 0.15) is 71.9 Å². The van der Waals surface area contributed by atoms with Gasteiger partial charge in [0, 0.05) is 46.1 Å². The maximum atomic E-state index is 12.4. The number of esters is 3. The molecular formula is C35H42O15. The zero-order chi connectivity index (χ0) is 37.1. The van der Waals surface area contributed by atoms with Crippen LogP contribution in [0.5, 0.6) is 17.2 Å². The largest absolute Gasteiger partial charge is 0.513 e. The molecule has 15 nitrogen and oxygen atoms in total. The molecule has 272 valence electrons. The van der Waals surface area contributed by atoms with E-state index in [2.05, 4.69) is 0 Å². The molecule has 0 aliphatic heterocycles. The Morgan fingerprint density at radius 2 is 0.840 bits per heavy atom. The highest BCUT2D eigenvalue weighted by molar-refractivity contribution is 5.74. The lowest BCUT2D eigenvalue weighted by Gasteiger charge is -2.13. The number of carbonyl (C=O) groups excluding carboxylic acids is 6. The van der Waals surface area contributed by atoms with Crippen LogP contribution in [0.2, 0.25) is 0 Å². The number of benzene rings is 2. The van der Waals surface area contributed by atoms with Crippen LogP contribution in [0.15, 0.2) is 42.5 Å². The first-order valence-corrected chi connectivity index (χ1v) is 15.7. The van der Waals surface area contributed by atoms with Crippen molar-refractivity contribution in [3.63, 3.8) is 0 Å². The van der Waals surface area contributed by atoms with Gasteiger partial charge in [-0.2, -0.15) is 0 Å². The predicted molar refractivity (Wildman–Crippen MR) is 175 cm³/mol. The Kier molecular flexibility index (Phi) is 17.4. The minimum atomic E-state index is -1.04. The Morgan fingerprint density at radius 1 is 0.500 bits per heavy atom. The fourth-order valence-corrected chi connectivity index (χ4v) is 3.98. The molecule has 3 unspecified atom stereocenters. The third kappa shape index (κ3) is 18.1.